The number of para-hydroxylation sites is 1. The molecule has 5 aromatic rings. The third kappa shape index (κ3) is 3.18. The van der Waals surface area contributed by atoms with Gasteiger partial charge in [0.2, 0.25) is 16.7 Å². The Kier molecular flexibility index (Phi) is 4.64. The van der Waals surface area contributed by atoms with Crippen LogP contribution in [0.25, 0.3) is 38.6 Å². The average Bonchev–Trinajstić information content (AvgIpc) is 3.50. The molecule has 0 amide bonds. The zero-order valence-electron chi connectivity index (χ0n) is 21.0. The fraction of sp³-hybridized carbons (Fsp3) is 0.265. The molecule has 0 atom stereocenters. The smallest absolute Gasteiger partial charge is 0.153 e. The summed E-state index contributed by atoms with van der Waals surface area (Å²) < 4.78 is 2.55. The Balaban J connectivity index is 1.74. The molecular weight excluding hydrogens is 422 g/mol. The van der Waals surface area contributed by atoms with Crippen molar-refractivity contribution in [2.24, 2.45) is 0 Å². The van der Waals surface area contributed by atoms with Crippen LogP contribution in [0.4, 0.5) is 0 Å². The normalized spacial score (nSPS) is 14.6. The summed E-state index contributed by atoms with van der Waals surface area (Å²) in [4.78, 5) is 0. The quantitative estimate of drug-likeness (QED) is 0.189. The van der Waals surface area contributed by atoms with Gasteiger partial charge in [-0.1, -0.05) is 35.9 Å². The third-order valence-electron chi connectivity index (χ3n) is 8.38. The van der Waals surface area contributed by atoms with Crippen molar-refractivity contribution in [3.63, 3.8) is 0 Å². The number of aryl methyl sites for hydroxylation is 7. The maximum Gasteiger partial charge on any atom is 0.219 e. The molecule has 0 saturated carbocycles. The van der Waals surface area contributed by atoms with E-state index in [1.165, 1.54) is 105 Å². The summed E-state index contributed by atoms with van der Waals surface area (Å²) in [7, 11) is 0. The molecule has 0 unspecified atom stereocenters. The molecule has 2 aliphatic rings. The summed E-state index contributed by atoms with van der Waals surface area (Å²) >= 11 is 0. The van der Waals surface area contributed by atoms with Gasteiger partial charge in [0.25, 0.3) is 0 Å². The summed E-state index contributed by atoms with van der Waals surface area (Å²) in [5, 5.41) is 2.80. The number of rotatable bonds is 2. The lowest BCUT2D eigenvalue weighted by Gasteiger charge is -2.18. The Morgan fingerprint density at radius 3 is 1.54 bits per heavy atom. The summed E-state index contributed by atoms with van der Waals surface area (Å²) in [6.07, 6.45) is 7.32. The molecule has 0 spiro atoms. The molecule has 35 heavy (non-hydrogen) atoms. The van der Waals surface area contributed by atoms with Gasteiger partial charge in [-0.05, 0) is 110 Å². The van der Waals surface area contributed by atoms with Gasteiger partial charge in [0, 0.05) is 29.8 Å². The van der Waals surface area contributed by atoms with Gasteiger partial charge in [-0.3, -0.25) is 0 Å². The molecule has 172 valence electrons. The summed E-state index contributed by atoms with van der Waals surface area (Å²) in [5.41, 5.74) is 17.0. The maximum atomic E-state index is 2.55. The molecule has 0 bridgehead atoms. The second-order valence-corrected chi connectivity index (χ2v) is 10.8. The molecular formula is C34H32N+. The van der Waals surface area contributed by atoms with Crippen molar-refractivity contribution < 1.29 is 4.57 Å². The zero-order valence-corrected chi connectivity index (χ0v) is 21.0. The highest BCUT2D eigenvalue weighted by atomic mass is 15.0. The van der Waals surface area contributed by atoms with E-state index in [2.05, 4.69) is 92.1 Å². The van der Waals surface area contributed by atoms with Crippen LogP contribution in [0.2, 0.25) is 0 Å². The van der Waals surface area contributed by atoms with E-state index in [4.69, 9.17) is 0 Å². The number of benzene rings is 4. The lowest BCUT2D eigenvalue weighted by molar-refractivity contribution is -0.538. The molecule has 1 nitrogen and oxygen atoms in total. The van der Waals surface area contributed by atoms with E-state index in [1.807, 2.05) is 0 Å². The van der Waals surface area contributed by atoms with E-state index < -0.39 is 0 Å². The molecule has 7 rings (SSSR count). The maximum absolute atomic E-state index is 2.55. The van der Waals surface area contributed by atoms with Gasteiger partial charge in [-0.15, -0.1) is 0 Å². The van der Waals surface area contributed by atoms with Gasteiger partial charge in [0.15, 0.2) is 0 Å². The first-order chi connectivity index (χ1) is 17.1. The average molecular weight is 455 g/mol. The topological polar surface area (TPSA) is 3.88 Å². The number of nitrogens with zero attached hydrogens (tertiary/aromatic N) is 1. The Morgan fingerprint density at radius 2 is 1.03 bits per heavy atom. The summed E-state index contributed by atoms with van der Waals surface area (Å²) in [5.74, 6) is 0. The molecule has 1 aromatic heterocycles. The van der Waals surface area contributed by atoms with Crippen molar-refractivity contribution in [3.8, 4) is 16.8 Å². The molecule has 1 heterocycles. The first kappa shape index (κ1) is 20.9. The Bertz CT molecular complexity index is 1560. The Labute approximate surface area is 208 Å². The highest BCUT2D eigenvalue weighted by Crippen LogP contribution is 2.42. The predicted octanol–water partition coefficient (Wildman–Crippen LogP) is 7.84. The van der Waals surface area contributed by atoms with Crippen LogP contribution >= 0.6 is 0 Å². The van der Waals surface area contributed by atoms with Crippen molar-refractivity contribution in [2.75, 3.05) is 0 Å². The van der Waals surface area contributed by atoms with Gasteiger partial charge in [-0.2, -0.15) is 4.57 Å². The van der Waals surface area contributed by atoms with Gasteiger partial charge in [-0.25, -0.2) is 0 Å². The van der Waals surface area contributed by atoms with Crippen LogP contribution in [0, 0.1) is 20.8 Å². The molecule has 4 aromatic carbocycles. The lowest BCUT2D eigenvalue weighted by Crippen LogP contribution is -2.33. The van der Waals surface area contributed by atoms with Gasteiger partial charge in [0.05, 0.1) is 10.8 Å². The number of fused-ring (bicyclic) bond motifs is 4. The third-order valence-corrected chi connectivity index (χ3v) is 8.38. The Morgan fingerprint density at radius 1 is 0.543 bits per heavy atom. The van der Waals surface area contributed by atoms with E-state index >= 15 is 0 Å². The van der Waals surface area contributed by atoms with Crippen molar-refractivity contribution in [2.45, 2.75) is 59.3 Å². The largest absolute Gasteiger partial charge is 0.219 e. The standard InChI is InChI=1S/C34H32N/c1-21-15-22(2)33(23(3)16-21)34-29-17-24-9-7-11-26(24)19-31(29)35(28-13-5-4-6-14-28)32-20-27-12-8-10-25(27)18-30(32)34/h4-6,13-20H,7-12H2,1-3H3/q+1. The van der Waals surface area contributed by atoms with Crippen LogP contribution in [0.5, 0.6) is 0 Å². The fourth-order valence-corrected chi connectivity index (χ4v) is 6.97. The first-order valence-electron chi connectivity index (χ1n) is 13.2. The molecule has 1 heteroatoms. The van der Waals surface area contributed by atoms with E-state index in [1.54, 1.807) is 11.1 Å². The summed E-state index contributed by atoms with van der Waals surface area (Å²) in [6.45, 7) is 6.81. The Hall–Kier alpha value is -3.45. The van der Waals surface area contributed by atoms with Crippen molar-refractivity contribution in [1.29, 1.82) is 0 Å². The molecule has 0 saturated heterocycles. The second kappa shape index (κ2) is 7.78. The monoisotopic (exact) mass is 454 g/mol. The van der Waals surface area contributed by atoms with Crippen LogP contribution in [0.15, 0.2) is 66.7 Å². The van der Waals surface area contributed by atoms with Crippen LogP contribution in [0.1, 0.15) is 51.8 Å². The zero-order chi connectivity index (χ0) is 23.7. The highest BCUT2D eigenvalue weighted by molar-refractivity contribution is 6.09. The van der Waals surface area contributed by atoms with E-state index in [-0.39, 0.29) is 0 Å². The molecule has 0 N–H and O–H groups in total. The molecule has 0 aliphatic heterocycles. The molecule has 0 radical (unpaired) electrons. The van der Waals surface area contributed by atoms with Gasteiger partial charge >= 0.3 is 0 Å². The van der Waals surface area contributed by atoms with Crippen molar-refractivity contribution in [3.05, 3.63) is 106 Å². The summed E-state index contributed by atoms with van der Waals surface area (Å²) in [6, 6.07) is 25.8. The molecule has 0 fully saturated rings. The van der Waals surface area contributed by atoms with Gasteiger partial charge < -0.3 is 0 Å². The first-order valence-corrected chi connectivity index (χ1v) is 13.2. The second-order valence-electron chi connectivity index (χ2n) is 10.8. The highest BCUT2D eigenvalue weighted by Gasteiger charge is 2.29. The van der Waals surface area contributed by atoms with Crippen molar-refractivity contribution in [1.82, 2.24) is 0 Å². The SMILES string of the molecule is Cc1cc(C)c(-c2c3cc4c(cc3[n+](-c3ccccc3)c3cc5c(cc23)CCC5)CCC4)c(C)c1. The lowest BCUT2D eigenvalue weighted by atomic mass is 9.87. The minimum atomic E-state index is 1.19. The van der Waals surface area contributed by atoms with Crippen LogP contribution < -0.4 is 4.57 Å². The minimum Gasteiger partial charge on any atom is -0.153 e. The van der Waals surface area contributed by atoms with Crippen LogP contribution in [-0.2, 0) is 25.7 Å². The van der Waals surface area contributed by atoms with E-state index in [0.29, 0.717) is 0 Å². The number of hydrogen-bond acceptors (Lipinski definition) is 0. The van der Waals surface area contributed by atoms with Crippen molar-refractivity contribution >= 4 is 21.8 Å². The van der Waals surface area contributed by atoms with Gasteiger partial charge in [0.1, 0.15) is 0 Å². The fourth-order valence-electron chi connectivity index (χ4n) is 6.97. The molecule has 2 aliphatic carbocycles. The van der Waals surface area contributed by atoms with Crippen LogP contribution in [-0.4, -0.2) is 0 Å². The predicted molar refractivity (Wildman–Crippen MR) is 147 cm³/mol. The van der Waals surface area contributed by atoms with Crippen LogP contribution in [0.3, 0.4) is 0 Å². The number of hydrogen-bond donors (Lipinski definition) is 0. The minimum absolute atomic E-state index is 1.19. The number of aromatic nitrogens is 1. The van der Waals surface area contributed by atoms with E-state index in [0.717, 1.165) is 0 Å². The van der Waals surface area contributed by atoms with E-state index in [9.17, 15) is 0 Å². The number of pyridine rings is 1.